The first-order valence-electron chi connectivity index (χ1n) is 9.78. The van der Waals surface area contributed by atoms with E-state index in [-0.39, 0.29) is 5.91 Å². The fraction of sp³-hybridized carbons (Fsp3) is 0.120. The highest BCUT2D eigenvalue weighted by Crippen LogP contribution is 2.35. The van der Waals surface area contributed by atoms with Crippen LogP contribution < -0.4 is 14.5 Å². The summed E-state index contributed by atoms with van der Waals surface area (Å²) in [4.78, 5) is 13.1. The lowest BCUT2D eigenvalue weighted by Crippen LogP contribution is -2.21. The van der Waals surface area contributed by atoms with Gasteiger partial charge in [0.05, 0.1) is 24.1 Å². The van der Waals surface area contributed by atoms with Crippen LogP contribution in [-0.4, -0.2) is 18.7 Å². The molecule has 5 nitrogen and oxygen atoms in total. The third kappa shape index (κ3) is 4.47. The van der Waals surface area contributed by atoms with Crippen molar-refractivity contribution in [2.45, 2.75) is 13.5 Å². The monoisotopic (exact) mass is 432 g/mol. The average molecular weight is 433 g/mol. The molecular weight excluding hydrogens is 412 g/mol. The van der Waals surface area contributed by atoms with Gasteiger partial charge in [0.15, 0.2) is 11.5 Å². The summed E-state index contributed by atoms with van der Waals surface area (Å²) in [6.45, 7) is 2.16. The largest absolute Gasteiger partial charge is 0.493 e. The maximum atomic E-state index is 13.1. The van der Waals surface area contributed by atoms with Crippen LogP contribution in [0, 0.1) is 0 Å². The fourth-order valence-electron chi connectivity index (χ4n) is 3.28. The summed E-state index contributed by atoms with van der Waals surface area (Å²) >= 11 is 5.96. The number of halogens is 1. The molecule has 0 unspecified atom stereocenters. The van der Waals surface area contributed by atoms with Gasteiger partial charge in [0.25, 0.3) is 5.91 Å². The van der Waals surface area contributed by atoms with Crippen LogP contribution in [0.1, 0.15) is 18.1 Å². The van der Waals surface area contributed by atoms with Crippen molar-refractivity contribution in [3.05, 3.63) is 94.5 Å². The molecule has 3 aromatic carbocycles. The third-order valence-electron chi connectivity index (χ3n) is 4.89. The molecule has 1 amide bonds. The molecular formula is C25H21ClN2O3. The van der Waals surface area contributed by atoms with Crippen LogP contribution in [0.4, 0.5) is 5.69 Å². The number of anilines is 1. The topological polar surface area (TPSA) is 51.1 Å². The van der Waals surface area contributed by atoms with Crippen molar-refractivity contribution in [2.75, 3.05) is 12.1 Å². The summed E-state index contributed by atoms with van der Waals surface area (Å²) < 4.78 is 11.6. The third-order valence-corrected chi connectivity index (χ3v) is 5.14. The zero-order valence-corrected chi connectivity index (χ0v) is 18.0. The first-order chi connectivity index (χ1) is 15.1. The van der Waals surface area contributed by atoms with Gasteiger partial charge in [-0.05, 0) is 48.9 Å². The van der Waals surface area contributed by atoms with E-state index in [0.717, 1.165) is 16.8 Å². The first-order valence-corrected chi connectivity index (χ1v) is 10.2. The molecule has 156 valence electrons. The molecule has 0 bridgehead atoms. The summed E-state index contributed by atoms with van der Waals surface area (Å²) in [5.41, 5.74) is 3.58. The van der Waals surface area contributed by atoms with E-state index in [1.807, 2.05) is 79.7 Å². The minimum absolute atomic E-state index is 0.185. The lowest BCUT2D eigenvalue weighted by Gasteiger charge is -2.14. The van der Waals surface area contributed by atoms with Crippen molar-refractivity contribution < 1.29 is 14.3 Å². The number of carbonyl (C=O) groups excluding carboxylic acids is 1. The van der Waals surface area contributed by atoms with Gasteiger partial charge in [-0.3, -0.25) is 4.79 Å². The number of nitrogens with zero attached hydrogens (tertiary/aromatic N) is 2. The number of benzene rings is 3. The molecule has 0 atom stereocenters. The molecule has 0 N–H and O–H groups in total. The number of hydrogen-bond acceptors (Lipinski definition) is 4. The molecule has 4 rings (SSSR count). The van der Waals surface area contributed by atoms with Gasteiger partial charge in [-0.15, -0.1) is 0 Å². The highest BCUT2D eigenvalue weighted by Gasteiger charge is 2.29. The molecule has 0 fully saturated rings. The van der Waals surface area contributed by atoms with E-state index in [1.165, 1.54) is 5.01 Å². The maximum absolute atomic E-state index is 13.1. The number of hydrogen-bond donors (Lipinski definition) is 0. The lowest BCUT2D eigenvalue weighted by atomic mass is 10.1. The molecule has 3 aromatic rings. The Labute approximate surface area is 186 Å². The number of ether oxygens (including phenoxy) is 2. The minimum atomic E-state index is -0.185. The van der Waals surface area contributed by atoms with Crippen molar-refractivity contribution in [1.82, 2.24) is 0 Å². The molecule has 1 aliphatic rings. The van der Waals surface area contributed by atoms with E-state index < -0.39 is 0 Å². The molecule has 1 aliphatic heterocycles. The Balaban J connectivity index is 1.65. The van der Waals surface area contributed by atoms with E-state index in [0.29, 0.717) is 34.4 Å². The Morgan fingerprint density at radius 1 is 1.00 bits per heavy atom. The van der Waals surface area contributed by atoms with Crippen LogP contribution in [0.5, 0.6) is 11.5 Å². The van der Waals surface area contributed by atoms with Gasteiger partial charge in [-0.1, -0.05) is 54.1 Å². The molecule has 0 radical (unpaired) electrons. The van der Waals surface area contributed by atoms with Crippen LogP contribution in [0.3, 0.4) is 0 Å². The zero-order chi connectivity index (χ0) is 21.8. The van der Waals surface area contributed by atoms with Gasteiger partial charge in [0.1, 0.15) is 6.61 Å². The van der Waals surface area contributed by atoms with Crippen molar-refractivity contribution in [3.63, 3.8) is 0 Å². The smallest absolute Gasteiger partial charge is 0.280 e. The number of amides is 1. The molecule has 0 saturated heterocycles. The summed E-state index contributed by atoms with van der Waals surface area (Å²) in [5.74, 6) is 0.963. The number of para-hydroxylation sites is 2. The van der Waals surface area contributed by atoms with Gasteiger partial charge < -0.3 is 9.47 Å². The Morgan fingerprint density at radius 2 is 1.74 bits per heavy atom. The van der Waals surface area contributed by atoms with Gasteiger partial charge in [-0.2, -0.15) is 10.1 Å². The molecule has 6 heteroatoms. The maximum Gasteiger partial charge on any atom is 0.280 e. The molecule has 0 aromatic heterocycles. The number of hydrazone groups is 1. The summed E-state index contributed by atoms with van der Waals surface area (Å²) in [7, 11) is 1.59. The fourth-order valence-corrected chi connectivity index (χ4v) is 3.41. The molecule has 0 saturated carbocycles. The first kappa shape index (κ1) is 20.7. The van der Waals surface area contributed by atoms with E-state index in [1.54, 1.807) is 13.2 Å². The summed E-state index contributed by atoms with van der Waals surface area (Å²) in [5, 5.41) is 6.52. The second kappa shape index (κ2) is 9.06. The van der Waals surface area contributed by atoms with Crippen molar-refractivity contribution in [1.29, 1.82) is 0 Å². The van der Waals surface area contributed by atoms with Crippen LogP contribution in [-0.2, 0) is 11.4 Å². The Kier molecular flexibility index (Phi) is 6.05. The van der Waals surface area contributed by atoms with Gasteiger partial charge in [-0.25, -0.2) is 0 Å². The number of methoxy groups -OCH3 is 1. The van der Waals surface area contributed by atoms with Crippen LogP contribution in [0.15, 0.2) is 83.5 Å². The quantitative estimate of drug-likeness (QED) is 0.467. The van der Waals surface area contributed by atoms with Crippen LogP contribution >= 0.6 is 11.6 Å². The standard InChI is InChI=1S/C25H21ClN2O3/c1-17-22(25(29)28(27-17)21-8-4-3-5-9-21)15-19-7-6-10-23(30-2)24(19)31-16-18-11-13-20(26)14-12-18/h3-15H,16H2,1-2H3/b22-15+. The van der Waals surface area contributed by atoms with Gasteiger partial charge in [0, 0.05) is 10.6 Å². The minimum Gasteiger partial charge on any atom is -0.493 e. The van der Waals surface area contributed by atoms with E-state index in [9.17, 15) is 4.79 Å². The predicted octanol–water partition coefficient (Wildman–Crippen LogP) is 5.73. The van der Waals surface area contributed by atoms with Crippen molar-refractivity contribution >= 4 is 35.0 Å². The molecule has 31 heavy (non-hydrogen) atoms. The second-order valence-corrected chi connectivity index (χ2v) is 7.43. The van der Waals surface area contributed by atoms with Gasteiger partial charge in [0.2, 0.25) is 0 Å². The number of rotatable bonds is 6. The highest BCUT2D eigenvalue weighted by atomic mass is 35.5. The molecule has 1 heterocycles. The molecule has 0 spiro atoms. The van der Waals surface area contributed by atoms with E-state index >= 15 is 0 Å². The van der Waals surface area contributed by atoms with Crippen molar-refractivity contribution in [2.24, 2.45) is 5.10 Å². The second-order valence-electron chi connectivity index (χ2n) is 6.99. The van der Waals surface area contributed by atoms with Crippen molar-refractivity contribution in [3.8, 4) is 11.5 Å². The number of carbonyl (C=O) groups is 1. The van der Waals surface area contributed by atoms with Crippen LogP contribution in [0.2, 0.25) is 5.02 Å². The Hall–Kier alpha value is -3.57. The Morgan fingerprint density at radius 3 is 2.45 bits per heavy atom. The van der Waals surface area contributed by atoms with E-state index in [2.05, 4.69) is 5.10 Å². The summed E-state index contributed by atoms with van der Waals surface area (Å²) in [6.07, 6.45) is 1.80. The zero-order valence-electron chi connectivity index (χ0n) is 17.2. The van der Waals surface area contributed by atoms with Crippen LogP contribution in [0.25, 0.3) is 6.08 Å². The van der Waals surface area contributed by atoms with Gasteiger partial charge >= 0.3 is 0 Å². The highest BCUT2D eigenvalue weighted by molar-refractivity contribution is 6.32. The Bertz CT molecular complexity index is 1160. The average Bonchev–Trinajstić information content (AvgIpc) is 3.08. The van der Waals surface area contributed by atoms with E-state index in [4.69, 9.17) is 21.1 Å². The normalized spacial score (nSPS) is 14.7. The lowest BCUT2D eigenvalue weighted by molar-refractivity contribution is -0.114. The SMILES string of the molecule is COc1cccc(/C=C2/C(=O)N(c3ccccc3)N=C2C)c1OCc1ccc(Cl)cc1. The molecule has 0 aliphatic carbocycles. The summed E-state index contributed by atoms with van der Waals surface area (Å²) in [6, 6.07) is 22.4. The predicted molar refractivity (Wildman–Crippen MR) is 124 cm³/mol.